The highest BCUT2D eigenvalue weighted by atomic mass is 127. The van der Waals surface area contributed by atoms with E-state index in [1.807, 2.05) is 49.7 Å². The van der Waals surface area contributed by atoms with Crippen LogP contribution in [-0.2, 0) is 29.9 Å². The van der Waals surface area contributed by atoms with Gasteiger partial charge in [0.2, 0.25) is 0 Å². The highest BCUT2D eigenvalue weighted by Gasteiger charge is 2.11. The molecule has 11 heteroatoms. The summed E-state index contributed by atoms with van der Waals surface area (Å²) in [7, 11) is 0.545. The summed E-state index contributed by atoms with van der Waals surface area (Å²) in [6.07, 6.45) is 2.56. The van der Waals surface area contributed by atoms with Crippen LogP contribution in [0.4, 0.5) is 0 Å². The normalized spacial score (nSPS) is 12.7. The maximum absolute atomic E-state index is 11.4. The molecule has 0 saturated heterocycles. The zero-order chi connectivity index (χ0) is 22.1. The molecular formula is C20H33IN6O3S. The molecule has 0 aliphatic carbocycles. The molecule has 1 aromatic carbocycles. The van der Waals surface area contributed by atoms with Crippen LogP contribution >= 0.6 is 24.0 Å². The van der Waals surface area contributed by atoms with Gasteiger partial charge in [-0.3, -0.25) is 0 Å². The lowest BCUT2D eigenvalue weighted by molar-refractivity contribution is 0.414. The summed E-state index contributed by atoms with van der Waals surface area (Å²) in [6.45, 7) is 4.88. The number of benzene rings is 1. The topological polar surface area (TPSA) is 110 Å². The Morgan fingerprint density at radius 2 is 1.94 bits per heavy atom. The highest BCUT2D eigenvalue weighted by molar-refractivity contribution is 14.0. The number of sulfone groups is 1. The molecular weight excluding hydrogens is 531 g/mol. The maximum Gasteiger partial charge on any atom is 0.191 e. The second kappa shape index (κ2) is 12.8. The van der Waals surface area contributed by atoms with E-state index < -0.39 is 9.84 Å². The maximum atomic E-state index is 11.4. The Kier molecular flexibility index (Phi) is 11.2. The smallest absolute Gasteiger partial charge is 0.191 e. The number of methoxy groups -OCH3 is 1. The third-order valence-electron chi connectivity index (χ3n) is 4.73. The summed E-state index contributed by atoms with van der Waals surface area (Å²) >= 11 is 0. The average molecular weight is 564 g/mol. The van der Waals surface area contributed by atoms with E-state index in [1.165, 1.54) is 11.8 Å². The van der Waals surface area contributed by atoms with Crippen LogP contribution in [0.5, 0.6) is 5.75 Å². The van der Waals surface area contributed by atoms with Crippen LogP contribution in [0.2, 0.25) is 0 Å². The fraction of sp³-hybridized carbons (Fsp3) is 0.550. The Labute approximate surface area is 202 Å². The lowest BCUT2D eigenvalue weighted by Crippen LogP contribution is -2.43. The Morgan fingerprint density at radius 3 is 2.48 bits per heavy atom. The number of aromatic nitrogens is 3. The van der Waals surface area contributed by atoms with Crippen LogP contribution < -0.4 is 15.4 Å². The van der Waals surface area contributed by atoms with Gasteiger partial charge in [-0.2, -0.15) is 0 Å². The minimum Gasteiger partial charge on any atom is -0.497 e. The third kappa shape index (κ3) is 9.85. The molecule has 1 unspecified atom stereocenters. The van der Waals surface area contributed by atoms with Crippen LogP contribution in [0, 0.1) is 6.92 Å². The molecule has 31 heavy (non-hydrogen) atoms. The second-order valence-electron chi connectivity index (χ2n) is 7.38. The van der Waals surface area contributed by atoms with Crippen molar-refractivity contribution in [2.24, 2.45) is 12.0 Å². The fourth-order valence-corrected chi connectivity index (χ4v) is 3.49. The first kappa shape index (κ1) is 27.1. The molecule has 2 aromatic rings. The molecule has 9 nitrogen and oxygen atoms in total. The summed E-state index contributed by atoms with van der Waals surface area (Å²) in [5.74, 6) is 3.15. The molecule has 2 N–H and O–H groups in total. The molecule has 0 bridgehead atoms. The van der Waals surface area contributed by atoms with Crippen LogP contribution in [0.25, 0.3) is 0 Å². The van der Waals surface area contributed by atoms with Gasteiger partial charge in [-0.1, -0.05) is 12.1 Å². The average Bonchev–Trinajstić information content (AvgIpc) is 3.02. The molecule has 1 atom stereocenters. The summed E-state index contributed by atoms with van der Waals surface area (Å²) < 4.78 is 30.0. The van der Waals surface area contributed by atoms with Crippen LogP contribution in [0.15, 0.2) is 29.3 Å². The van der Waals surface area contributed by atoms with E-state index in [0.717, 1.165) is 23.8 Å². The van der Waals surface area contributed by atoms with Gasteiger partial charge in [0.1, 0.15) is 28.0 Å². The van der Waals surface area contributed by atoms with Crippen molar-refractivity contribution in [2.45, 2.75) is 39.3 Å². The standard InChI is InChI=1S/C20H32N6O3S.HI/c1-15(11-13-30(5,27)28)23-20(22-14-19-25-24-16(2)26(19)3)21-12-10-17-6-8-18(29-4)9-7-17;/h6-9,15H,10-14H2,1-5H3,(H2,21,22,23);1H. The van der Waals surface area contributed by atoms with Gasteiger partial charge in [0, 0.05) is 25.9 Å². The molecule has 0 radical (unpaired) electrons. The van der Waals surface area contributed by atoms with E-state index in [4.69, 9.17) is 4.74 Å². The molecule has 0 aliphatic rings. The predicted octanol–water partition coefficient (Wildman–Crippen LogP) is 1.85. The minimum atomic E-state index is -3.00. The first-order chi connectivity index (χ1) is 14.2. The van der Waals surface area contributed by atoms with Gasteiger partial charge in [-0.25, -0.2) is 13.4 Å². The molecule has 0 saturated carbocycles. The SMILES string of the molecule is COc1ccc(CCNC(=NCc2nnc(C)n2C)NC(C)CCS(C)(=O)=O)cc1.I. The Hall–Kier alpha value is -1.89. The van der Waals surface area contributed by atoms with Crippen molar-refractivity contribution in [3.63, 3.8) is 0 Å². The fourth-order valence-electron chi connectivity index (χ4n) is 2.70. The van der Waals surface area contributed by atoms with Crippen LogP contribution in [-0.4, -0.2) is 60.8 Å². The number of hydrogen-bond donors (Lipinski definition) is 2. The number of ether oxygens (including phenoxy) is 1. The lowest BCUT2D eigenvalue weighted by atomic mass is 10.1. The minimum absolute atomic E-state index is 0. The number of guanidine groups is 1. The van der Waals surface area contributed by atoms with Gasteiger partial charge in [0.25, 0.3) is 0 Å². The number of aliphatic imine (C=N–C) groups is 1. The van der Waals surface area contributed by atoms with Gasteiger partial charge < -0.3 is 19.9 Å². The molecule has 1 aromatic heterocycles. The second-order valence-corrected chi connectivity index (χ2v) is 9.64. The van der Waals surface area contributed by atoms with Crippen molar-refractivity contribution in [2.75, 3.05) is 25.7 Å². The first-order valence-corrected chi connectivity index (χ1v) is 11.9. The first-order valence-electron chi connectivity index (χ1n) is 9.88. The van der Waals surface area contributed by atoms with Crippen molar-refractivity contribution in [3.8, 4) is 5.75 Å². The molecule has 2 rings (SSSR count). The van der Waals surface area contributed by atoms with Crippen molar-refractivity contribution < 1.29 is 13.2 Å². The number of rotatable bonds is 10. The molecule has 0 fully saturated rings. The van der Waals surface area contributed by atoms with E-state index >= 15 is 0 Å². The molecule has 174 valence electrons. The Balaban J connectivity index is 0.00000480. The largest absolute Gasteiger partial charge is 0.497 e. The van der Waals surface area contributed by atoms with E-state index in [0.29, 0.717) is 25.5 Å². The van der Waals surface area contributed by atoms with Gasteiger partial charge in [0.05, 0.1) is 12.9 Å². The summed E-state index contributed by atoms with van der Waals surface area (Å²) in [5, 5.41) is 14.8. The van der Waals surface area contributed by atoms with Crippen molar-refractivity contribution in [1.29, 1.82) is 0 Å². The third-order valence-corrected chi connectivity index (χ3v) is 5.71. The number of nitrogens with one attached hydrogen (secondary N) is 2. The Morgan fingerprint density at radius 1 is 1.26 bits per heavy atom. The van der Waals surface area contributed by atoms with Gasteiger partial charge >= 0.3 is 0 Å². The number of nitrogens with zero attached hydrogens (tertiary/aromatic N) is 4. The van der Waals surface area contributed by atoms with E-state index in [9.17, 15) is 8.42 Å². The molecule has 0 aliphatic heterocycles. The van der Waals surface area contributed by atoms with Gasteiger partial charge in [-0.15, -0.1) is 34.2 Å². The molecule has 1 heterocycles. The van der Waals surface area contributed by atoms with Crippen molar-refractivity contribution in [1.82, 2.24) is 25.4 Å². The molecule has 0 amide bonds. The van der Waals surface area contributed by atoms with Gasteiger partial charge in [0.15, 0.2) is 11.8 Å². The van der Waals surface area contributed by atoms with Crippen molar-refractivity contribution >= 4 is 39.8 Å². The van der Waals surface area contributed by atoms with Gasteiger partial charge in [-0.05, 0) is 44.4 Å². The van der Waals surface area contributed by atoms with Crippen LogP contribution in [0.3, 0.4) is 0 Å². The monoisotopic (exact) mass is 564 g/mol. The van der Waals surface area contributed by atoms with E-state index in [2.05, 4.69) is 25.8 Å². The quantitative estimate of drug-likeness (QED) is 0.258. The summed E-state index contributed by atoms with van der Waals surface area (Å²) in [6, 6.07) is 7.88. The van der Waals surface area contributed by atoms with E-state index in [1.54, 1.807) is 7.11 Å². The Bertz CT molecular complexity index is 944. The zero-order valence-electron chi connectivity index (χ0n) is 18.8. The zero-order valence-corrected chi connectivity index (χ0v) is 21.9. The predicted molar refractivity (Wildman–Crippen MR) is 134 cm³/mol. The van der Waals surface area contributed by atoms with Crippen molar-refractivity contribution in [3.05, 3.63) is 41.5 Å². The number of halogens is 1. The summed E-state index contributed by atoms with van der Waals surface area (Å²) in [4.78, 5) is 4.61. The number of aryl methyl sites for hydroxylation is 1. The van der Waals surface area contributed by atoms with Crippen LogP contribution in [0.1, 0.15) is 30.6 Å². The lowest BCUT2D eigenvalue weighted by Gasteiger charge is -2.18. The van der Waals surface area contributed by atoms with E-state index in [-0.39, 0.29) is 35.8 Å². The summed E-state index contributed by atoms with van der Waals surface area (Å²) in [5.41, 5.74) is 1.18. The molecule has 0 spiro atoms. The number of hydrogen-bond acceptors (Lipinski definition) is 6. The highest BCUT2D eigenvalue weighted by Crippen LogP contribution is 2.11.